The van der Waals surface area contributed by atoms with Gasteiger partial charge in [-0.05, 0) is 71.0 Å². The number of carboxylic acids is 1. The first-order chi connectivity index (χ1) is 14.8. The lowest BCUT2D eigenvalue weighted by Gasteiger charge is -2.14. The number of hydrogen-bond acceptors (Lipinski definition) is 5. The highest BCUT2D eigenvalue weighted by atomic mass is 127. The molecule has 1 aliphatic rings. The van der Waals surface area contributed by atoms with Gasteiger partial charge in [0.25, 0.3) is 5.91 Å². The molecule has 0 spiro atoms. The van der Waals surface area contributed by atoms with E-state index in [4.69, 9.17) is 14.6 Å². The lowest BCUT2D eigenvalue weighted by atomic mass is 10.1. The monoisotopic (exact) mass is 540 g/mol. The average molecular weight is 540 g/mol. The lowest BCUT2D eigenvalue weighted by Crippen LogP contribution is -2.30. The number of halogens is 2. The van der Waals surface area contributed by atoms with Gasteiger partial charge in [-0.25, -0.2) is 14.0 Å². The summed E-state index contributed by atoms with van der Waals surface area (Å²) in [5.41, 5.74) is 1.24. The third-order valence-corrected chi connectivity index (χ3v) is 5.00. The van der Waals surface area contributed by atoms with Gasteiger partial charge >= 0.3 is 12.0 Å². The average Bonchev–Trinajstić information content (AvgIpc) is 2.96. The van der Waals surface area contributed by atoms with Crippen molar-refractivity contribution < 1.29 is 33.4 Å². The van der Waals surface area contributed by atoms with Gasteiger partial charge in [0.2, 0.25) is 0 Å². The number of carbonyl (C=O) groups excluding carboxylic acids is 2. The minimum absolute atomic E-state index is 0.00594. The SMILES string of the molecule is CCOc1cc(/C=C2/NC(=O)N(Cc3ccc(F)cc3)C2=O)cc(I)c1OCC(=O)O. The molecule has 1 saturated heterocycles. The summed E-state index contributed by atoms with van der Waals surface area (Å²) in [7, 11) is 0. The number of carbonyl (C=O) groups is 3. The topological polar surface area (TPSA) is 105 Å². The third-order valence-electron chi connectivity index (χ3n) is 4.20. The highest BCUT2D eigenvalue weighted by Gasteiger charge is 2.33. The number of amides is 3. The van der Waals surface area contributed by atoms with Crippen molar-refractivity contribution in [1.29, 1.82) is 0 Å². The molecule has 162 valence electrons. The first kappa shape index (κ1) is 22.5. The Labute approximate surface area is 190 Å². The van der Waals surface area contributed by atoms with Crippen LogP contribution in [0.3, 0.4) is 0 Å². The van der Waals surface area contributed by atoms with E-state index in [2.05, 4.69) is 5.32 Å². The van der Waals surface area contributed by atoms with E-state index in [1.807, 2.05) is 22.6 Å². The Kier molecular flexibility index (Phi) is 7.10. The van der Waals surface area contributed by atoms with Crippen LogP contribution in [0.25, 0.3) is 6.08 Å². The Morgan fingerprint density at radius 3 is 2.58 bits per heavy atom. The summed E-state index contributed by atoms with van der Waals surface area (Å²) in [6.07, 6.45) is 1.50. The maximum absolute atomic E-state index is 13.1. The summed E-state index contributed by atoms with van der Waals surface area (Å²) < 4.78 is 24.5. The number of benzene rings is 2. The van der Waals surface area contributed by atoms with Crippen molar-refractivity contribution in [3.63, 3.8) is 0 Å². The fraction of sp³-hybridized carbons (Fsp3) is 0.190. The fourth-order valence-electron chi connectivity index (χ4n) is 2.86. The maximum Gasteiger partial charge on any atom is 0.341 e. The van der Waals surface area contributed by atoms with Crippen molar-refractivity contribution in [2.24, 2.45) is 0 Å². The number of carboxylic acid groups (broad SMARTS) is 1. The first-order valence-corrected chi connectivity index (χ1v) is 10.3. The van der Waals surface area contributed by atoms with Crippen LogP contribution in [0, 0.1) is 9.39 Å². The van der Waals surface area contributed by atoms with E-state index >= 15 is 0 Å². The molecular weight excluding hydrogens is 522 g/mol. The van der Waals surface area contributed by atoms with E-state index in [9.17, 15) is 18.8 Å². The van der Waals surface area contributed by atoms with Crippen molar-refractivity contribution >= 4 is 46.6 Å². The van der Waals surface area contributed by atoms with Crippen LogP contribution >= 0.6 is 22.6 Å². The molecule has 0 saturated carbocycles. The standard InChI is InChI=1S/C21H18FIN2O6/c1-2-30-17-9-13(7-15(23)19(17)31-11-18(26)27)8-16-20(28)25(21(29)24-16)10-12-3-5-14(22)6-4-12/h3-9H,2,10-11H2,1H3,(H,24,29)(H,26,27)/b16-8+. The molecule has 1 aliphatic heterocycles. The zero-order chi connectivity index (χ0) is 22.5. The van der Waals surface area contributed by atoms with Crippen LogP contribution in [-0.2, 0) is 16.1 Å². The molecule has 1 fully saturated rings. The molecule has 0 atom stereocenters. The van der Waals surface area contributed by atoms with Crippen molar-refractivity contribution in [3.05, 3.63) is 62.6 Å². The van der Waals surface area contributed by atoms with Gasteiger partial charge in [-0.3, -0.25) is 9.69 Å². The van der Waals surface area contributed by atoms with Gasteiger partial charge in [-0.15, -0.1) is 0 Å². The van der Waals surface area contributed by atoms with Gasteiger partial charge < -0.3 is 19.9 Å². The first-order valence-electron chi connectivity index (χ1n) is 9.18. The predicted octanol–water partition coefficient (Wildman–Crippen LogP) is 3.39. The summed E-state index contributed by atoms with van der Waals surface area (Å²) in [5, 5.41) is 11.4. The van der Waals surface area contributed by atoms with Crippen LogP contribution < -0.4 is 14.8 Å². The zero-order valence-corrected chi connectivity index (χ0v) is 18.5. The largest absolute Gasteiger partial charge is 0.490 e. The molecule has 10 heteroatoms. The smallest absolute Gasteiger partial charge is 0.341 e. The molecule has 2 N–H and O–H groups in total. The Hall–Kier alpha value is -3.15. The molecule has 1 heterocycles. The Morgan fingerprint density at radius 2 is 1.94 bits per heavy atom. The summed E-state index contributed by atoms with van der Waals surface area (Å²) in [6, 6.07) is 8.22. The van der Waals surface area contributed by atoms with Crippen molar-refractivity contribution in [3.8, 4) is 11.5 Å². The third kappa shape index (κ3) is 5.51. The maximum atomic E-state index is 13.1. The van der Waals surface area contributed by atoms with E-state index in [0.717, 1.165) is 4.90 Å². The minimum atomic E-state index is -1.12. The number of nitrogens with zero attached hydrogens (tertiary/aromatic N) is 1. The van der Waals surface area contributed by atoms with E-state index in [1.54, 1.807) is 19.1 Å². The van der Waals surface area contributed by atoms with Gasteiger partial charge in [0.15, 0.2) is 18.1 Å². The molecule has 31 heavy (non-hydrogen) atoms. The molecule has 0 aromatic heterocycles. The summed E-state index contributed by atoms with van der Waals surface area (Å²) in [6.45, 7) is 1.57. The molecule has 2 aromatic rings. The minimum Gasteiger partial charge on any atom is -0.490 e. The number of rotatable bonds is 8. The zero-order valence-electron chi connectivity index (χ0n) is 16.4. The van der Waals surface area contributed by atoms with Gasteiger partial charge in [-0.1, -0.05) is 12.1 Å². The molecule has 3 rings (SSSR count). The summed E-state index contributed by atoms with van der Waals surface area (Å²) in [5.74, 6) is -1.44. The quantitative estimate of drug-likeness (QED) is 0.302. The second-order valence-corrected chi connectivity index (χ2v) is 7.61. The second-order valence-electron chi connectivity index (χ2n) is 6.45. The number of nitrogens with one attached hydrogen (secondary N) is 1. The highest BCUT2D eigenvalue weighted by molar-refractivity contribution is 14.1. The van der Waals surface area contributed by atoms with Crippen LogP contribution in [-0.4, -0.2) is 41.1 Å². The van der Waals surface area contributed by atoms with E-state index in [-0.39, 0.29) is 18.0 Å². The predicted molar refractivity (Wildman–Crippen MR) is 117 cm³/mol. The molecule has 0 bridgehead atoms. The molecule has 8 nitrogen and oxygen atoms in total. The molecule has 0 unspecified atom stereocenters. The number of ether oxygens (including phenoxy) is 2. The molecule has 0 radical (unpaired) electrons. The van der Waals surface area contributed by atoms with Crippen LogP contribution in [0.2, 0.25) is 0 Å². The molecule has 0 aliphatic carbocycles. The number of aliphatic carboxylic acids is 1. The van der Waals surface area contributed by atoms with Crippen molar-refractivity contribution in [2.45, 2.75) is 13.5 Å². The normalized spacial score (nSPS) is 14.7. The van der Waals surface area contributed by atoms with Crippen LogP contribution in [0.4, 0.5) is 9.18 Å². The van der Waals surface area contributed by atoms with Crippen LogP contribution in [0.15, 0.2) is 42.1 Å². The summed E-state index contributed by atoms with van der Waals surface area (Å²) >= 11 is 1.98. The molecule has 3 amide bonds. The molecule has 2 aromatic carbocycles. The van der Waals surface area contributed by atoms with E-state index in [0.29, 0.717) is 27.1 Å². The number of hydrogen-bond donors (Lipinski definition) is 2. The van der Waals surface area contributed by atoms with Crippen LogP contribution in [0.5, 0.6) is 11.5 Å². The van der Waals surface area contributed by atoms with Gasteiger partial charge in [0, 0.05) is 0 Å². The van der Waals surface area contributed by atoms with E-state index < -0.39 is 30.3 Å². The lowest BCUT2D eigenvalue weighted by molar-refractivity contribution is -0.139. The van der Waals surface area contributed by atoms with Crippen molar-refractivity contribution in [2.75, 3.05) is 13.2 Å². The summed E-state index contributed by atoms with van der Waals surface area (Å²) in [4.78, 5) is 36.8. The van der Waals surface area contributed by atoms with Gasteiger partial charge in [0.1, 0.15) is 11.5 Å². The second kappa shape index (κ2) is 9.77. The fourth-order valence-corrected chi connectivity index (χ4v) is 3.64. The van der Waals surface area contributed by atoms with Crippen molar-refractivity contribution in [1.82, 2.24) is 10.2 Å². The Morgan fingerprint density at radius 1 is 1.23 bits per heavy atom. The van der Waals surface area contributed by atoms with Gasteiger partial charge in [0.05, 0.1) is 16.7 Å². The Balaban J connectivity index is 1.85. The number of urea groups is 1. The number of imide groups is 1. The Bertz CT molecular complexity index is 1050. The van der Waals surface area contributed by atoms with Gasteiger partial charge in [-0.2, -0.15) is 0 Å². The highest BCUT2D eigenvalue weighted by Crippen LogP contribution is 2.35. The van der Waals surface area contributed by atoms with Crippen LogP contribution in [0.1, 0.15) is 18.1 Å². The molecular formula is C21H18FIN2O6. The van der Waals surface area contributed by atoms with E-state index in [1.165, 1.54) is 30.3 Å².